The van der Waals surface area contributed by atoms with E-state index in [1.807, 2.05) is 0 Å². The molecule has 0 radical (unpaired) electrons. The van der Waals surface area contributed by atoms with E-state index in [4.69, 9.17) is 9.88 Å². The van der Waals surface area contributed by atoms with Crippen molar-refractivity contribution in [1.29, 1.82) is 0 Å². The third kappa shape index (κ3) is 5.96. The van der Waals surface area contributed by atoms with E-state index >= 15 is 0 Å². The number of rotatable bonds is 7. The minimum absolute atomic E-state index is 0.100. The number of hydrogen-bond donors (Lipinski definition) is 2. The number of esters is 1. The number of thiazole rings is 1. The van der Waals surface area contributed by atoms with Gasteiger partial charge >= 0.3 is 5.97 Å². The van der Waals surface area contributed by atoms with Crippen molar-refractivity contribution < 1.29 is 35.6 Å². The number of benzene rings is 3. The number of methoxy groups -OCH3 is 1. The molecule has 11 nitrogen and oxygen atoms in total. The number of nitrogens with zero attached hydrogens (tertiary/aromatic N) is 2. The zero-order valence-electron chi connectivity index (χ0n) is 19.5. The molecule has 1 heterocycles. The van der Waals surface area contributed by atoms with Crippen molar-refractivity contribution in [2.45, 2.75) is 16.3 Å². The molecule has 0 aliphatic heterocycles. The molecule has 0 unspecified atom stereocenters. The number of hydrogen-bond acceptors (Lipinski definition) is 8. The number of carbonyl (C=O) groups excluding carboxylic acids is 2. The molecule has 0 bridgehead atoms. The maximum atomic E-state index is 13.1. The van der Waals surface area contributed by atoms with E-state index in [1.54, 1.807) is 0 Å². The Bertz CT molecular complexity index is 1830. The Balaban J connectivity index is 1.66. The van der Waals surface area contributed by atoms with Gasteiger partial charge in [-0.15, -0.1) is 0 Å². The number of aromatic nitrogens is 1. The van der Waals surface area contributed by atoms with Crippen molar-refractivity contribution in [2.75, 3.05) is 11.8 Å². The monoisotopic (exact) mass is 578 g/mol. The van der Waals surface area contributed by atoms with Gasteiger partial charge in [0.2, 0.25) is 10.0 Å². The number of anilines is 1. The summed E-state index contributed by atoms with van der Waals surface area (Å²) in [5.41, 5.74) is 0.705. The lowest BCUT2D eigenvalue weighted by Crippen LogP contribution is -2.22. The molecule has 0 saturated carbocycles. The average Bonchev–Trinajstić information content (AvgIpc) is 3.19. The maximum absolute atomic E-state index is 13.1. The van der Waals surface area contributed by atoms with Gasteiger partial charge in [-0.05, 0) is 66.7 Å². The minimum atomic E-state index is -3.99. The fourth-order valence-electron chi connectivity index (χ4n) is 3.32. The number of fused-ring (bicyclic) bond motifs is 1. The highest BCUT2D eigenvalue weighted by Crippen LogP contribution is 2.22. The zero-order valence-corrected chi connectivity index (χ0v) is 21.9. The SMILES string of the molecule is COC(=O)Cn1c(=NC(=O)c2ccc(NS(=O)(=O)c3ccc(F)cc3)cc2)sc2cc(S(N)(=O)=O)ccc21. The summed E-state index contributed by atoms with van der Waals surface area (Å²) in [5, 5.41) is 5.20. The highest BCUT2D eigenvalue weighted by molar-refractivity contribution is 7.92. The van der Waals surface area contributed by atoms with Crippen molar-refractivity contribution in [3.05, 3.63) is 82.9 Å². The number of nitrogens with two attached hydrogens (primary N) is 1. The molecule has 0 spiro atoms. The summed E-state index contributed by atoms with van der Waals surface area (Å²) < 4.78 is 70.4. The maximum Gasteiger partial charge on any atom is 0.325 e. The summed E-state index contributed by atoms with van der Waals surface area (Å²) >= 11 is 0.969. The highest BCUT2D eigenvalue weighted by Gasteiger charge is 2.17. The quantitative estimate of drug-likeness (QED) is 0.317. The van der Waals surface area contributed by atoms with Crippen LogP contribution in [0.3, 0.4) is 0 Å². The molecular formula is C23H19FN4O7S3. The molecule has 4 rings (SSSR count). The number of carbonyl (C=O) groups is 2. The first-order valence-electron chi connectivity index (χ1n) is 10.6. The molecular weight excluding hydrogens is 559 g/mol. The van der Waals surface area contributed by atoms with Crippen LogP contribution in [-0.4, -0.2) is 40.4 Å². The van der Waals surface area contributed by atoms with Crippen LogP contribution in [0.5, 0.6) is 0 Å². The normalized spacial score (nSPS) is 12.4. The molecule has 0 atom stereocenters. The van der Waals surface area contributed by atoms with Gasteiger partial charge in [-0.3, -0.25) is 14.3 Å². The van der Waals surface area contributed by atoms with Gasteiger partial charge in [0.25, 0.3) is 15.9 Å². The minimum Gasteiger partial charge on any atom is -0.468 e. The van der Waals surface area contributed by atoms with Crippen LogP contribution in [0.1, 0.15) is 10.4 Å². The van der Waals surface area contributed by atoms with Crippen LogP contribution in [0.25, 0.3) is 10.2 Å². The second-order valence-corrected chi connectivity index (χ2v) is 12.0. The van der Waals surface area contributed by atoms with Crippen LogP contribution in [0.4, 0.5) is 10.1 Å². The summed E-state index contributed by atoms with van der Waals surface area (Å²) in [6.07, 6.45) is 0. The van der Waals surface area contributed by atoms with Crippen LogP contribution in [0.2, 0.25) is 0 Å². The number of halogens is 1. The third-order valence-corrected chi connectivity index (χ3v) is 8.55. The molecule has 38 heavy (non-hydrogen) atoms. The summed E-state index contributed by atoms with van der Waals surface area (Å²) in [6.45, 7) is -0.290. The Labute approximate surface area is 220 Å². The molecule has 1 aromatic heterocycles. The number of ether oxygens (including phenoxy) is 1. The standard InChI is InChI=1S/C23H19FN4O7S3/c1-35-21(29)13-28-19-11-10-18(37(25,31)32)12-20(19)36-23(28)26-22(30)14-2-6-16(7-3-14)27-38(33,34)17-8-4-15(24)5-9-17/h2-12,27H,13H2,1H3,(H2,25,31,32). The second-order valence-electron chi connectivity index (χ2n) is 7.78. The second kappa shape index (κ2) is 10.4. The van der Waals surface area contributed by atoms with Crippen LogP contribution >= 0.6 is 11.3 Å². The molecule has 3 aromatic carbocycles. The van der Waals surface area contributed by atoms with Crippen LogP contribution in [-0.2, 0) is 36.1 Å². The van der Waals surface area contributed by atoms with E-state index < -0.39 is 37.7 Å². The topological polar surface area (TPSA) is 167 Å². The summed E-state index contributed by atoms with van der Waals surface area (Å²) in [6, 6.07) is 13.7. The van der Waals surface area contributed by atoms with Crippen LogP contribution in [0, 0.1) is 5.82 Å². The predicted octanol–water partition coefficient (Wildman–Crippen LogP) is 2.20. The Hall–Kier alpha value is -3.92. The highest BCUT2D eigenvalue weighted by atomic mass is 32.2. The first-order valence-corrected chi connectivity index (χ1v) is 14.4. The van der Waals surface area contributed by atoms with Gasteiger partial charge in [0.05, 0.1) is 27.1 Å². The predicted molar refractivity (Wildman–Crippen MR) is 137 cm³/mol. The molecule has 1 amide bonds. The largest absolute Gasteiger partial charge is 0.468 e. The third-order valence-electron chi connectivity index (χ3n) is 5.20. The van der Waals surface area contributed by atoms with E-state index in [0.717, 1.165) is 35.6 Å². The fraction of sp³-hybridized carbons (Fsp3) is 0.0870. The van der Waals surface area contributed by atoms with Crippen molar-refractivity contribution in [2.24, 2.45) is 10.1 Å². The lowest BCUT2D eigenvalue weighted by atomic mass is 10.2. The molecule has 15 heteroatoms. The number of sulfonamides is 2. The Morgan fingerprint density at radius 1 is 1.00 bits per heavy atom. The van der Waals surface area contributed by atoms with Gasteiger partial charge in [-0.25, -0.2) is 26.4 Å². The van der Waals surface area contributed by atoms with E-state index in [9.17, 15) is 30.8 Å². The lowest BCUT2D eigenvalue weighted by Gasteiger charge is -2.08. The number of primary sulfonamides is 1. The van der Waals surface area contributed by atoms with Gasteiger partial charge in [-0.1, -0.05) is 11.3 Å². The van der Waals surface area contributed by atoms with Gasteiger partial charge < -0.3 is 9.30 Å². The molecule has 4 aromatic rings. The summed E-state index contributed by atoms with van der Waals surface area (Å²) in [7, 11) is -6.77. The molecule has 3 N–H and O–H groups in total. The summed E-state index contributed by atoms with van der Waals surface area (Å²) in [4.78, 5) is 28.8. The van der Waals surface area contributed by atoms with Crippen molar-refractivity contribution in [3.63, 3.8) is 0 Å². The van der Waals surface area contributed by atoms with Gasteiger partial charge in [0, 0.05) is 11.3 Å². The molecule has 198 valence electrons. The van der Waals surface area contributed by atoms with Gasteiger partial charge in [0.1, 0.15) is 12.4 Å². The van der Waals surface area contributed by atoms with Crippen LogP contribution in [0.15, 0.2) is 81.5 Å². The van der Waals surface area contributed by atoms with Gasteiger partial charge in [0.15, 0.2) is 4.80 Å². The van der Waals surface area contributed by atoms with Crippen molar-refractivity contribution in [1.82, 2.24) is 4.57 Å². The van der Waals surface area contributed by atoms with Crippen molar-refractivity contribution in [3.8, 4) is 0 Å². The molecule has 0 aliphatic rings. The van der Waals surface area contributed by atoms with E-state index in [1.165, 1.54) is 54.1 Å². The Morgan fingerprint density at radius 2 is 1.63 bits per heavy atom. The first-order chi connectivity index (χ1) is 17.9. The molecule has 0 fully saturated rings. The smallest absolute Gasteiger partial charge is 0.325 e. The van der Waals surface area contributed by atoms with Crippen LogP contribution < -0.4 is 14.7 Å². The van der Waals surface area contributed by atoms with E-state index in [2.05, 4.69) is 9.71 Å². The van der Waals surface area contributed by atoms with E-state index in [0.29, 0.717) is 10.2 Å². The zero-order chi connectivity index (χ0) is 27.7. The molecule has 0 saturated heterocycles. The van der Waals surface area contributed by atoms with E-state index in [-0.39, 0.29) is 32.4 Å². The molecule has 0 aliphatic carbocycles. The Morgan fingerprint density at radius 3 is 2.24 bits per heavy atom. The fourth-order valence-corrected chi connectivity index (χ4v) is 6.06. The number of nitrogens with one attached hydrogen (secondary N) is 1. The van der Waals surface area contributed by atoms with Crippen molar-refractivity contribution >= 4 is 59.2 Å². The average molecular weight is 579 g/mol. The lowest BCUT2D eigenvalue weighted by molar-refractivity contribution is -0.141. The summed E-state index contributed by atoms with van der Waals surface area (Å²) in [5.74, 6) is -1.89. The Kier molecular flexibility index (Phi) is 7.46. The first kappa shape index (κ1) is 27.1. The number of amides is 1. The van der Waals surface area contributed by atoms with Gasteiger partial charge in [-0.2, -0.15) is 4.99 Å².